The number of carbonyl (C=O) groups is 1. The second kappa shape index (κ2) is 10.1. The summed E-state index contributed by atoms with van der Waals surface area (Å²) in [6.07, 6.45) is 8.55. The Morgan fingerprint density at radius 1 is 1.10 bits per heavy atom. The van der Waals surface area contributed by atoms with Crippen LogP contribution >= 0.6 is 0 Å². The van der Waals surface area contributed by atoms with Crippen LogP contribution in [-0.2, 0) is 11.2 Å². The molecule has 8 nitrogen and oxygen atoms in total. The molecule has 1 N–H and O–H groups in total. The van der Waals surface area contributed by atoms with Gasteiger partial charge in [0, 0.05) is 71.7 Å². The molecule has 0 unspecified atom stereocenters. The van der Waals surface area contributed by atoms with Gasteiger partial charge in [-0.05, 0) is 37.8 Å². The quantitative estimate of drug-likeness (QED) is 0.579. The number of pyridine rings is 1. The molecular formula is C23H35N7O. The lowest BCUT2D eigenvalue weighted by Gasteiger charge is -2.37. The van der Waals surface area contributed by atoms with Gasteiger partial charge in [-0.3, -0.25) is 14.7 Å². The van der Waals surface area contributed by atoms with Gasteiger partial charge < -0.3 is 19.5 Å². The Kier molecular flexibility index (Phi) is 7.06. The van der Waals surface area contributed by atoms with Crippen molar-refractivity contribution in [2.45, 2.75) is 32.6 Å². The van der Waals surface area contributed by atoms with Crippen LogP contribution in [0.4, 0.5) is 0 Å². The van der Waals surface area contributed by atoms with Crippen LogP contribution in [0, 0.1) is 6.92 Å². The third kappa shape index (κ3) is 5.36. The average Bonchev–Trinajstić information content (AvgIpc) is 3.22. The molecule has 2 fully saturated rings. The largest absolute Gasteiger partial charge is 0.356 e. The van der Waals surface area contributed by atoms with E-state index in [-0.39, 0.29) is 0 Å². The number of hydrogen-bond acceptors (Lipinski definition) is 4. The van der Waals surface area contributed by atoms with Crippen molar-refractivity contribution in [2.24, 2.45) is 4.99 Å². The minimum Gasteiger partial charge on any atom is -0.356 e. The van der Waals surface area contributed by atoms with Crippen molar-refractivity contribution in [3.8, 4) is 0 Å². The Labute approximate surface area is 184 Å². The zero-order chi connectivity index (χ0) is 21.6. The molecule has 0 aliphatic carbocycles. The molecule has 1 amide bonds. The fourth-order valence-corrected chi connectivity index (χ4v) is 4.51. The Morgan fingerprint density at radius 2 is 1.87 bits per heavy atom. The van der Waals surface area contributed by atoms with Crippen molar-refractivity contribution in [1.82, 2.24) is 29.4 Å². The number of nitrogens with zero attached hydrogens (tertiary/aromatic N) is 6. The number of nitrogens with one attached hydrogen (secondary N) is 1. The van der Waals surface area contributed by atoms with Crippen LogP contribution < -0.4 is 5.32 Å². The summed E-state index contributed by atoms with van der Waals surface area (Å²) in [6.45, 7) is 8.86. The predicted molar refractivity (Wildman–Crippen MR) is 123 cm³/mol. The first-order chi connectivity index (χ1) is 15.1. The number of guanidine groups is 1. The number of carbonyl (C=O) groups excluding carboxylic acids is 1. The molecular weight excluding hydrogens is 390 g/mol. The van der Waals surface area contributed by atoms with Gasteiger partial charge in [0.1, 0.15) is 5.65 Å². The van der Waals surface area contributed by atoms with E-state index in [0.717, 1.165) is 82.4 Å². The Balaban J connectivity index is 1.21. The van der Waals surface area contributed by atoms with Crippen LogP contribution in [0.25, 0.3) is 5.65 Å². The SMILES string of the molecule is CN=C(NCCc1cn2cccc(C)c2n1)N1CCN(CC(=O)N2CCCCC2)CC1. The summed E-state index contributed by atoms with van der Waals surface area (Å²) in [6, 6.07) is 4.14. The number of imidazole rings is 1. The third-order valence-corrected chi connectivity index (χ3v) is 6.34. The lowest BCUT2D eigenvalue weighted by atomic mass is 10.1. The van der Waals surface area contributed by atoms with Crippen LogP contribution in [0.5, 0.6) is 0 Å². The van der Waals surface area contributed by atoms with Gasteiger partial charge in [0.15, 0.2) is 5.96 Å². The van der Waals surface area contributed by atoms with Crippen LogP contribution in [-0.4, -0.2) is 95.4 Å². The van der Waals surface area contributed by atoms with E-state index in [1.807, 2.05) is 24.2 Å². The highest BCUT2D eigenvalue weighted by Crippen LogP contribution is 2.11. The van der Waals surface area contributed by atoms with Crippen molar-refractivity contribution in [2.75, 3.05) is 59.4 Å². The van der Waals surface area contributed by atoms with Crippen molar-refractivity contribution < 1.29 is 4.79 Å². The summed E-state index contributed by atoms with van der Waals surface area (Å²) in [5, 5.41) is 3.49. The number of hydrogen-bond donors (Lipinski definition) is 1. The first kappa shape index (κ1) is 21.6. The molecule has 0 radical (unpaired) electrons. The topological polar surface area (TPSA) is 68.5 Å². The van der Waals surface area contributed by atoms with Crippen molar-refractivity contribution in [1.29, 1.82) is 0 Å². The second-order valence-corrected chi connectivity index (χ2v) is 8.58. The molecule has 0 spiro atoms. The molecule has 2 aliphatic rings. The fourth-order valence-electron chi connectivity index (χ4n) is 4.51. The molecule has 4 heterocycles. The number of likely N-dealkylation sites (tertiary alicyclic amines) is 1. The van der Waals surface area contributed by atoms with Gasteiger partial charge in [-0.15, -0.1) is 0 Å². The molecule has 168 valence electrons. The lowest BCUT2D eigenvalue weighted by Crippen LogP contribution is -2.54. The zero-order valence-corrected chi connectivity index (χ0v) is 18.9. The Hall–Kier alpha value is -2.61. The molecule has 31 heavy (non-hydrogen) atoms. The van der Waals surface area contributed by atoms with Crippen LogP contribution in [0.15, 0.2) is 29.5 Å². The number of fused-ring (bicyclic) bond motifs is 1. The molecule has 0 saturated carbocycles. The van der Waals surface area contributed by atoms with Gasteiger partial charge in [-0.25, -0.2) is 4.98 Å². The molecule has 8 heteroatoms. The highest BCUT2D eigenvalue weighted by Gasteiger charge is 2.24. The van der Waals surface area contributed by atoms with E-state index in [4.69, 9.17) is 4.98 Å². The average molecular weight is 426 g/mol. The van der Waals surface area contributed by atoms with E-state index in [0.29, 0.717) is 12.5 Å². The van der Waals surface area contributed by atoms with E-state index in [2.05, 4.69) is 43.7 Å². The summed E-state index contributed by atoms with van der Waals surface area (Å²) in [4.78, 5) is 28.4. The molecule has 4 rings (SSSR count). The Morgan fingerprint density at radius 3 is 2.58 bits per heavy atom. The maximum Gasteiger partial charge on any atom is 0.236 e. The first-order valence-electron chi connectivity index (χ1n) is 11.5. The normalized spacial score (nSPS) is 18.6. The number of amides is 1. The fraction of sp³-hybridized carbons (Fsp3) is 0.609. The van der Waals surface area contributed by atoms with Gasteiger partial charge in [-0.1, -0.05) is 6.07 Å². The van der Waals surface area contributed by atoms with E-state index in [1.54, 1.807) is 0 Å². The summed E-state index contributed by atoms with van der Waals surface area (Å²) >= 11 is 0. The molecule has 2 saturated heterocycles. The highest BCUT2D eigenvalue weighted by atomic mass is 16.2. The van der Waals surface area contributed by atoms with Gasteiger partial charge in [-0.2, -0.15) is 0 Å². The van der Waals surface area contributed by atoms with Crippen molar-refractivity contribution in [3.63, 3.8) is 0 Å². The number of piperidine rings is 1. The van der Waals surface area contributed by atoms with Gasteiger partial charge in [0.2, 0.25) is 5.91 Å². The van der Waals surface area contributed by atoms with Gasteiger partial charge in [0.25, 0.3) is 0 Å². The molecule has 0 aromatic carbocycles. The third-order valence-electron chi connectivity index (χ3n) is 6.34. The van der Waals surface area contributed by atoms with E-state index >= 15 is 0 Å². The molecule has 2 aromatic rings. The minimum atomic E-state index is 0.290. The number of rotatable bonds is 5. The number of aliphatic imine (C=N–C) groups is 1. The van der Waals surface area contributed by atoms with E-state index < -0.39 is 0 Å². The minimum absolute atomic E-state index is 0.290. The Bertz CT molecular complexity index is 908. The number of aromatic nitrogens is 2. The van der Waals surface area contributed by atoms with Gasteiger partial charge >= 0.3 is 0 Å². The molecule has 2 aromatic heterocycles. The molecule has 0 atom stereocenters. The van der Waals surface area contributed by atoms with E-state index in [1.165, 1.54) is 12.0 Å². The van der Waals surface area contributed by atoms with E-state index in [9.17, 15) is 4.79 Å². The lowest BCUT2D eigenvalue weighted by molar-refractivity contribution is -0.133. The predicted octanol–water partition coefficient (Wildman–Crippen LogP) is 1.39. The smallest absolute Gasteiger partial charge is 0.236 e. The highest BCUT2D eigenvalue weighted by molar-refractivity contribution is 5.80. The molecule has 0 bridgehead atoms. The van der Waals surface area contributed by atoms with Crippen molar-refractivity contribution >= 4 is 17.5 Å². The summed E-state index contributed by atoms with van der Waals surface area (Å²) < 4.78 is 2.09. The summed E-state index contributed by atoms with van der Waals surface area (Å²) in [5.41, 5.74) is 3.30. The number of piperazine rings is 1. The van der Waals surface area contributed by atoms with Crippen molar-refractivity contribution in [3.05, 3.63) is 35.8 Å². The molecule has 2 aliphatic heterocycles. The maximum absolute atomic E-state index is 12.5. The zero-order valence-electron chi connectivity index (χ0n) is 18.9. The summed E-state index contributed by atoms with van der Waals surface area (Å²) in [5.74, 6) is 1.22. The first-order valence-corrected chi connectivity index (χ1v) is 11.5. The monoisotopic (exact) mass is 425 g/mol. The van der Waals surface area contributed by atoms with Crippen LogP contribution in [0.1, 0.15) is 30.5 Å². The second-order valence-electron chi connectivity index (χ2n) is 8.58. The van der Waals surface area contributed by atoms with Gasteiger partial charge in [0.05, 0.1) is 12.2 Å². The maximum atomic E-state index is 12.5. The number of aryl methyl sites for hydroxylation is 1. The summed E-state index contributed by atoms with van der Waals surface area (Å²) in [7, 11) is 1.84. The standard InChI is InChI=1S/C23H35N7O/c1-19-7-6-12-30-17-20(26-22(19)30)8-9-25-23(24-2)29-15-13-27(14-16-29)18-21(31)28-10-4-3-5-11-28/h6-7,12,17H,3-5,8-11,13-16,18H2,1-2H3,(H,24,25). The van der Waals surface area contributed by atoms with Crippen LogP contribution in [0.2, 0.25) is 0 Å². The van der Waals surface area contributed by atoms with Crippen LogP contribution in [0.3, 0.4) is 0 Å².